The number of esters is 1. The number of carbonyl (C=O) groups is 3. The van der Waals surface area contributed by atoms with Crippen LogP contribution in [0.5, 0.6) is 0 Å². The lowest BCUT2D eigenvalue weighted by atomic mass is 10.1. The zero-order chi connectivity index (χ0) is 16.0. The van der Waals surface area contributed by atoms with Gasteiger partial charge in [0.1, 0.15) is 0 Å². The van der Waals surface area contributed by atoms with Gasteiger partial charge in [0.2, 0.25) is 5.91 Å². The fourth-order valence-electron chi connectivity index (χ4n) is 1.80. The van der Waals surface area contributed by atoms with Crippen LogP contribution in [0, 0.1) is 13.8 Å². The van der Waals surface area contributed by atoms with E-state index >= 15 is 0 Å². The van der Waals surface area contributed by atoms with E-state index in [9.17, 15) is 14.4 Å². The fourth-order valence-corrected chi connectivity index (χ4v) is 1.80. The Labute approximate surface area is 124 Å². The van der Waals surface area contributed by atoms with E-state index in [1.807, 2.05) is 19.9 Å². The monoisotopic (exact) mass is 292 g/mol. The third-order valence-electron chi connectivity index (χ3n) is 2.87. The Balaban J connectivity index is 2.56. The van der Waals surface area contributed by atoms with Gasteiger partial charge < -0.3 is 15.0 Å². The Hall–Kier alpha value is -2.37. The molecular formula is C15H20N2O4. The third-order valence-corrected chi connectivity index (χ3v) is 2.87. The summed E-state index contributed by atoms with van der Waals surface area (Å²) in [4.78, 5) is 36.0. The van der Waals surface area contributed by atoms with Crippen LogP contribution in [0.3, 0.4) is 0 Å². The first kappa shape index (κ1) is 16.7. The number of benzene rings is 1. The SMILES string of the molecule is CNC(=O)CN(C)C(=O)COC(=O)c1cc(C)cc(C)c1. The van der Waals surface area contributed by atoms with Crippen LogP contribution in [0.1, 0.15) is 21.5 Å². The van der Waals surface area contributed by atoms with Gasteiger partial charge in [-0.2, -0.15) is 0 Å². The van der Waals surface area contributed by atoms with E-state index in [0.29, 0.717) is 5.56 Å². The number of nitrogens with one attached hydrogen (secondary N) is 1. The maximum absolute atomic E-state index is 11.9. The fraction of sp³-hybridized carbons (Fsp3) is 0.400. The number of rotatable bonds is 5. The molecule has 1 rings (SSSR count). The lowest BCUT2D eigenvalue weighted by molar-refractivity contribution is -0.137. The van der Waals surface area contributed by atoms with Gasteiger partial charge in [0.05, 0.1) is 12.1 Å². The first-order valence-electron chi connectivity index (χ1n) is 6.53. The van der Waals surface area contributed by atoms with Crippen molar-refractivity contribution in [3.05, 3.63) is 34.9 Å². The molecule has 0 bridgehead atoms. The van der Waals surface area contributed by atoms with Gasteiger partial charge in [-0.1, -0.05) is 17.2 Å². The summed E-state index contributed by atoms with van der Waals surface area (Å²) in [5.41, 5.74) is 2.31. The molecule has 0 aliphatic carbocycles. The highest BCUT2D eigenvalue weighted by atomic mass is 16.5. The van der Waals surface area contributed by atoms with Crippen LogP contribution in [-0.2, 0) is 14.3 Å². The Morgan fingerprint density at radius 3 is 2.24 bits per heavy atom. The van der Waals surface area contributed by atoms with E-state index in [-0.39, 0.29) is 19.1 Å². The molecule has 0 aliphatic rings. The number of ether oxygens (including phenoxy) is 1. The van der Waals surface area contributed by atoms with Crippen molar-refractivity contribution in [3.63, 3.8) is 0 Å². The van der Waals surface area contributed by atoms with E-state index in [4.69, 9.17) is 4.74 Å². The smallest absolute Gasteiger partial charge is 0.338 e. The average molecular weight is 292 g/mol. The van der Waals surface area contributed by atoms with Crippen LogP contribution in [0.15, 0.2) is 18.2 Å². The summed E-state index contributed by atoms with van der Waals surface area (Å²) in [6.07, 6.45) is 0. The van der Waals surface area contributed by atoms with Gasteiger partial charge in [0.25, 0.3) is 5.91 Å². The summed E-state index contributed by atoms with van der Waals surface area (Å²) < 4.78 is 4.97. The highest BCUT2D eigenvalue weighted by Crippen LogP contribution is 2.10. The molecule has 0 fully saturated rings. The molecule has 0 atom stereocenters. The first-order chi connectivity index (χ1) is 9.83. The topological polar surface area (TPSA) is 75.7 Å². The molecule has 0 aromatic heterocycles. The Kier molecular flexibility index (Phi) is 5.90. The van der Waals surface area contributed by atoms with Crippen LogP contribution in [0.25, 0.3) is 0 Å². The van der Waals surface area contributed by atoms with E-state index in [2.05, 4.69) is 5.32 Å². The van der Waals surface area contributed by atoms with Crippen molar-refractivity contribution in [2.24, 2.45) is 0 Å². The Morgan fingerprint density at radius 2 is 1.71 bits per heavy atom. The predicted molar refractivity (Wildman–Crippen MR) is 77.9 cm³/mol. The van der Waals surface area contributed by atoms with Crippen molar-refractivity contribution in [3.8, 4) is 0 Å². The van der Waals surface area contributed by atoms with Crippen LogP contribution in [0.2, 0.25) is 0 Å². The molecule has 1 aromatic rings. The summed E-state index contributed by atoms with van der Waals surface area (Å²) in [7, 11) is 2.96. The number of amides is 2. The minimum atomic E-state index is -0.552. The predicted octanol–water partition coefficient (Wildman–Crippen LogP) is 0.665. The molecule has 6 heteroatoms. The zero-order valence-electron chi connectivity index (χ0n) is 12.7. The molecule has 0 saturated heterocycles. The number of carbonyl (C=O) groups excluding carboxylic acids is 3. The van der Waals surface area contributed by atoms with Crippen LogP contribution >= 0.6 is 0 Å². The minimum absolute atomic E-state index is 0.0730. The Morgan fingerprint density at radius 1 is 1.14 bits per heavy atom. The second kappa shape index (κ2) is 7.42. The van der Waals surface area contributed by atoms with E-state index < -0.39 is 11.9 Å². The van der Waals surface area contributed by atoms with Crippen LogP contribution < -0.4 is 5.32 Å². The lowest BCUT2D eigenvalue weighted by Crippen LogP contribution is -2.39. The molecule has 0 unspecified atom stereocenters. The van der Waals surface area contributed by atoms with Crippen molar-refractivity contribution < 1.29 is 19.1 Å². The standard InChI is InChI=1S/C15H20N2O4/c1-10-5-11(2)7-12(6-10)15(20)21-9-14(19)17(4)8-13(18)16-3/h5-7H,8-9H2,1-4H3,(H,16,18). The zero-order valence-corrected chi connectivity index (χ0v) is 12.7. The largest absolute Gasteiger partial charge is 0.452 e. The van der Waals surface area contributed by atoms with Gasteiger partial charge in [-0.3, -0.25) is 9.59 Å². The maximum atomic E-state index is 11.9. The Bertz CT molecular complexity index is 534. The molecule has 0 spiro atoms. The molecule has 1 aromatic carbocycles. The minimum Gasteiger partial charge on any atom is -0.452 e. The normalized spacial score (nSPS) is 9.90. The van der Waals surface area contributed by atoms with Gasteiger partial charge in [-0.05, 0) is 26.0 Å². The van der Waals surface area contributed by atoms with Gasteiger partial charge in [0, 0.05) is 14.1 Å². The highest BCUT2D eigenvalue weighted by Gasteiger charge is 2.15. The molecule has 0 saturated carbocycles. The summed E-state index contributed by atoms with van der Waals surface area (Å²) in [6.45, 7) is 3.30. The third kappa shape index (κ3) is 5.25. The molecule has 2 amide bonds. The molecule has 0 aliphatic heterocycles. The molecular weight excluding hydrogens is 272 g/mol. The summed E-state index contributed by atoms with van der Waals surface area (Å²) >= 11 is 0. The molecule has 6 nitrogen and oxygen atoms in total. The number of likely N-dealkylation sites (N-methyl/N-ethyl adjacent to an activating group) is 2. The van der Waals surface area contributed by atoms with E-state index in [0.717, 1.165) is 11.1 Å². The quantitative estimate of drug-likeness (QED) is 0.809. The van der Waals surface area contributed by atoms with Crippen LogP contribution in [-0.4, -0.2) is 49.9 Å². The summed E-state index contributed by atoms with van der Waals surface area (Å²) in [6, 6.07) is 5.35. The van der Waals surface area contributed by atoms with Gasteiger partial charge in [-0.25, -0.2) is 4.79 Å². The molecule has 21 heavy (non-hydrogen) atoms. The molecule has 1 N–H and O–H groups in total. The van der Waals surface area contributed by atoms with Gasteiger partial charge in [-0.15, -0.1) is 0 Å². The number of hydrogen-bond donors (Lipinski definition) is 1. The second-order valence-corrected chi connectivity index (χ2v) is 4.88. The molecule has 0 radical (unpaired) electrons. The average Bonchev–Trinajstić information content (AvgIpc) is 2.42. The first-order valence-corrected chi connectivity index (χ1v) is 6.53. The summed E-state index contributed by atoms with van der Waals surface area (Å²) in [5.74, 6) is -1.27. The van der Waals surface area contributed by atoms with E-state index in [1.54, 1.807) is 12.1 Å². The highest BCUT2D eigenvalue weighted by molar-refractivity contribution is 5.92. The van der Waals surface area contributed by atoms with Crippen molar-refractivity contribution in [2.45, 2.75) is 13.8 Å². The van der Waals surface area contributed by atoms with Crippen molar-refractivity contribution in [1.82, 2.24) is 10.2 Å². The lowest BCUT2D eigenvalue weighted by Gasteiger charge is -2.16. The summed E-state index contributed by atoms with van der Waals surface area (Å²) in [5, 5.41) is 2.41. The van der Waals surface area contributed by atoms with Gasteiger partial charge in [0.15, 0.2) is 6.61 Å². The van der Waals surface area contributed by atoms with E-state index in [1.165, 1.54) is 19.0 Å². The number of hydrogen-bond acceptors (Lipinski definition) is 4. The van der Waals surface area contributed by atoms with Crippen molar-refractivity contribution >= 4 is 17.8 Å². The number of aryl methyl sites for hydroxylation is 2. The number of nitrogens with zero attached hydrogens (tertiary/aromatic N) is 1. The molecule has 0 heterocycles. The van der Waals surface area contributed by atoms with Gasteiger partial charge >= 0.3 is 5.97 Å². The maximum Gasteiger partial charge on any atom is 0.338 e. The van der Waals surface area contributed by atoms with Crippen molar-refractivity contribution in [2.75, 3.05) is 27.2 Å². The molecule has 114 valence electrons. The van der Waals surface area contributed by atoms with Crippen molar-refractivity contribution in [1.29, 1.82) is 0 Å². The van der Waals surface area contributed by atoms with Crippen LogP contribution in [0.4, 0.5) is 0 Å². The second-order valence-electron chi connectivity index (χ2n) is 4.88.